The van der Waals surface area contributed by atoms with Crippen LogP contribution in [0, 0.1) is 0 Å². The number of nitrogens with two attached hydrogens (primary N) is 1. The third-order valence-corrected chi connectivity index (χ3v) is 5.17. The Balaban J connectivity index is 1.50. The lowest BCUT2D eigenvalue weighted by Crippen LogP contribution is -2.48. The lowest BCUT2D eigenvalue weighted by atomic mass is 9.65. The van der Waals surface area contributed by atoms with Crippen LogP contribution in [-0.4, -0.2) is 38.8 Å². The van der Waals surface area contributed by atoms with Crippen molar-refractivity contribution in [2.75, 3.05) is 11.9 Å². The van der Waals surface area contributed by atoms with E-state index in [4.69, 9.17) is 5.73 Å². The molecule has 0 aliphatic heterocycles. The molecule has 4 rings (SSSR count). The minimum atomic E-state index is -0.827. The zero-order valence-electron chi connectivity index (χ0n) is 15.4. The van der Waals surface area contributed by atoms with Gasteiger partial charge >= 0.3 is 0 Å². The molecule has 0 spiro atoms. The van der Waals surface area contributed by atoms with Gasteiger partial charge in [0.05, 0.1) is 5.69 Å². The number of pyridine rings is 2. The second-order valence-electron chi connectivity index (χ2n) is 7.15. The summed E-state index contributed by atoms with van der Waals surface area (Å²) < 4.78 is 13.6. The monoisotopic (exact) mass is 394 g/mol. The predicted octanol–water partition coefficient (Wildman–Crippen LogP) is 1.81. The van der Waals surface area contributed by atoms with Crippen LogP contribution in [0.2, 0.25) is 0 Å². The van der Waals surface area contributed by atoms with Crippen molar-refractivity contribution in [2.45, 2.75) is 24.4 Å². The molecule has 0 bridgehead atoms. The van der Waals surface area contributed by atoms with Crippen LogP contribution in [-0.2, 0) is 5.41 Å². The predicted molar refractivity (Wildman–Crippen MR) is 105 cm³/mol. The first-order valence-corrected chi connectivity index (χ1v) is 9.13. The van der Waals surface area contributed by atoms with Crippen molar-refractivity contribution in [2.24, 2.45) is 5.73 Å². The van der Waals surface area contributed by atoms with Gasteiger partial charge in [0.2, 0.25) is 0 Å². The minimum absolute atomic E-state index is 0.144. The Hall–Kier alpha value is -3.62. The van der Waals surface area contributed by atoms with Gasteiger partial charge in [0.15, 0.2) is 0 Å². The van der Waals surface area contributed by atoms with Gasteiger partial charge in [-0.05, 0) is 43.2 Å². The highest BCUT2D eigenvalue weighted by atomic mass is 19.1. The number of hydrogen-bond donors (Lipinski definition) is 3. The highest BCUT2D eigenvalue weighted by Gasteiger charge is 2.46. The van der Waals surface area contributed by atoms with Crippen LogP contribution in [0.3, 0.4) is 0 Å². The van der Waals surface area contributed by atoms with E-state index in [-0.39, 0.29) is 11.0 Å². The summed E-state index contributed by atoms with van der Waals surface area (Å²) in [6.45, 7) is 0.489. The van der Waals surface area contributed by atoms with E-state index in [1.165, 1.54) is 12.3 Å². The van der Waals surface area contributed by atoms with Crippen LogP contribution in [0.4, 0.5) is 10.2 Å². The highest BCUT2D eigenvalue weighted by molar-refractivity contribution is 5.93. The number of hydrogen-bond acceptors (Lipinski definition) is 6. The van der Waals surface area contributed by atoms with Gasteiger partial charge in [-0.1, -0.05) is 6.07 Å². The minimum Gasteiger partial charge on any atom is -0.368 e. The molecule has 9 heteroatoms. The molecule has 0 aromatic carbocycles. The van der Waals surface area contributed by atoms with Crippen LogP contribution in [0.25, 0.3) is 11.3 Å². The van der Waals surface area contributed by atoms with E-state index in [9.17, 15) is 14.0 Å². The fourth-order valence-corrected chi connectivity index (χ4v) is 3.56. The van der Waals surface area contributed by atoms with Crippen molar-refractivity contribution >= 4 is 11.7 Å². The molecule has 0 atom stereocenters. The lowest BCUT2D eigenvalue weighted by Gasteiger charge is -2.43. The van der Waals surface area contributed by atoms with Crippen molar-refractivity contribution in [3.63, 3.8) is 0 Å². The molecule has 1 fully saturated rings. The molecular weight excluding hydrogens is 375 g/mol. The van der Waals surface area contributed by atoms with Crippen LogP contribution in [0.1, 0.15) is 28.9 Å². The number of carbonyl (C=O) groups is 1. The Morgan fingerprint density at radius 3 is 2.72 bits per heavy atom. The number of anilines is 1. The Kier molecular flexibility index (Phi) is 4.79. The molecule has 0 saturated heterocycles. The van der Waals surface area contributed by atoms with Crippen molar-refractivity contribution in [1.29, 1.82) is 0 Å². The third-order valence-electron chi connectivity index (χ3n) is 5.17. The van der Waals surface area contributed by atoms with Crippen LogP contribution < -0.4 is 16.6 Å². The molecule has 29 heavy (non-hydrogen) atoms. The standard InChI is InChI=1S/C20H19FN6O2/c21-13-8-20(9-13,16-3-1-2-6-23-16)11-25-17-5-4-15(26-27-17)12-7-14(18(22)28)19(29)24-10-12/h1-7,10,13H,8-9,11H2,(H2,22,28)(H,24,29)(H,25,27). The molecule has 0 radical (unpaired) electrons. The number of halogens is 1. The van der Waals surface area contributed by atoms with E-state index in [1.54, 1.807) is 18.3 Å². The van der Waals surface area contributed by atoms with Gasteiger partial charge in [-0.2, -0.15) is 0 Å². The summed E-state index contributed by atoms with van der Waals surface area (Å²) in [6, 6.07) is 10.5. The smallest absolute Gasteiger partial charge is 0.260 e. The van der Waals surface area contributed by atoms with Crippen molar-refractivity contribution in [3.05, 3.63) is 70.4 Å². The normalized spacial score (nSPS) is 20.7. The van der Waals surface area contributed by atoms with E-state index in [0.29, 0.717) is 36.5 Å². The Morgan fingerprint density at radius 2 is 2.10 bits per heavy atom. The highest BCUT2D eigenvalue weighted by Crippen LogP contribution is 2.44. The number of primary amides is 1. The molecular formula is C20H19FN6O2. The van der Waals surface area contributed by atoms with Crippen molar-refractivity contribution in [3.8, 4) is 11.3 Å². The number of alkyl halides is 1. The summed E-state index contributed by atoms with van der Waals surface area (Å²) in [6.07, 6.45) is 3.15. The van der Waals surface area contributed by atoms with Crippen LogP contribution in [0.15, 0.2) is 53.6 Å². The molecule has 3 heterocycles. The van der Waals surface area contributed by atoms with Gasteiger partial charge < -0.3 is 16.0 Å². The summed E-state index contributed by atoms with van der Waals surface area (Å²) in [4.78, 5) is 29.8. The first-order valence-electron chi connectivity index (χ1n) is 9.13. The summed E-state index contributed by atoms with van der Waals surface area (Å²) in [7, 11) is 0. The topological polar surface area (TPSA) is 127 Å². The van der Waals surface area contributed by atoms with E-state index in [0.717, 1.165) is 5.69 Å². The number of rotatable bonds is 6. The zero-order valence-corrected chi connectivity index (χ0v) is 15.4. The van der Waals surface area contributed by atoms with Gasteiger partial charge in [-0.25, -0.2) is 4.39 Å². The molecule has 1 saturated carbocycles. The molecule has 0 unspecified atom stereocenters. The molecule has 3 aromatic rings. The Labute approximate surface area is 165 Å². The molecule has 3 aromatic heterocycles. The van der Waals surface area contributed by atoms with E-state index in [1.807, 2.05) is 18.2 Å². The van der Waals surface area contributed by atoms with Gasteiger partial charge in [-0.15, -0.1) is 10.2 Å². The quantitative estimate of drug-likeness (QED) is 0.585. The maximum absolute atomic E-state index is 13.6. The van der Waals surface area contributed by atoms with E-state index in [2.05, 4.69) is 25.5 Å². The lowest BCUT2D eigenvalue weighted by molar-refractivity contribution is 0.0993. The molecule has 8 nitrogen and oxygen atoms in total. The fraction of sp³-hybridized carbons (Fsp3) is 0.250. The van der Waals surface area contributed by atoms with Crippen molar-refractivity contribution < 1.29 is 9.18 Å². The van der Waals surface area contributed by atoms with Gasteiger partial charge in [-0.3, -0.25) is 14.6 Å². The SMILES string of the molecule is NC(=O)c1cc(-c2ccc(NCC3(c4ccccn4)CC(F)C3)nn2)c[nH]c1=O. The number of nitrogens with zero attached hydrogens (tertiary/aromatic N) is 3. The zero-order chi connectivity index (χ0) is 20.4. The maximum atomic E-state index is 13.6. The Morgan fingerprint density at radius 1 is 1.28 bits per heavy atom. The number of H-pyrrole nitrogens is 1. The number of aromatic nitrogens is 4. The molecule has 1 amide bonds. The van der Waals surface area contributed by atoms with Gasteiger partial charge in [0.1, 0.15) is 17.6 Å². The van der Waals surface area contributed by atoms with E-state index < -0.39 is 17.6 Å². The maximum Gasteiger partial charge on any atom is 0.260 e. The molecule has 4 N–H and O–H groups in total. The molecule has 148 valence electrons. The number of carbonyl (C=O) groups excluding carboxylic acids is 1. The van der Waals surface area contributed by atoms with Crippen LogP contribution in [0.5, 0.6) is 0 Å². The average Bonchev–Trinajstić information content (AvgIpc) is 2.71. The van der Waals surface area contributed by atoms with Gasteiger partial charge in [0.25, 0.3) is 11.5 Å². The number of aromatic amines is 1. The van der Waals surface area contributed by atoms with Crippen molar-refractivity contribution in [1.82, 2.24) is 20.2 Å². The van der Waals surface area contributed by atoms with Crippen LogP contribution >= 0.6 is 0 Å². The third kappa shape index (κ3) is 3.71. The Bertz CT molecular complexity index is 1080. The van der Waals surface area contributed by atoms with E-state index >= 15 is 0 Å². The summed E-state index contributed by atoms with van der Waals surface area (Å²) >= 11 is 0. The first-order chi connectivity index (χ1) is 14.0. The molecule has 1 aliphatic rings. The number of nitrogens with one attached hydrogen (secondary N) is 2. The second kappa shape index (κ2) is 7.42. The summed E-state index contributed by atoms with van der Waals surface area (Å²) in [5.74, 6) is -0.281. The fourth-order valence-electron chi connectivity index (χ4n) is 3.56. The molecule has 1 aliphatic carbocycles. The second-order valence-corrected chi connectivity index (χ2v) is 7.15. The van der Waals surface area contributed by atoms with Gasteiger partial charge in [0, 0.05) is 35.6 Å². The summed E-state index contributed by atoms with van der Waals surface area (Å²) in [5, 5.41) is 11.5. The summed E-state index contributed by atoms with van der Waals surface area (Å²) in [5.41, 5.74) is 5.99. The number of amides is 1. The average molecular weight is 394 g/mol. The largest absolute Gasteiger partial charge is 0.368 e. The first kappa shape index (κ1) is 18.7.